The Bertz CT molecular complexity index is 939. The first-order chi connectivity index (χ1) is 13.0. The zero-order valence-corrected chi connectivity index (χ0v) is 18.5. The Labute approximate surface area is 176 Å². The van der Waals surface area contributed by atoms with Gasteiger partial charge in [-0.15, -0.1) is 0 Å². The molecule has 0 spiro atoms. The van der Waals surface area contributed by atoms with Crippen LogP contribution in [0.4, 0.5) is 5.69 Å². The third-order valence-corrected chi connectivity index (χ3v) is 6.23. The van der Waals surface area contributed by atoms with Gasteiger partial charge in [0.2, 0.25) is 0 Å². The zero-order valence-electron chi connectivity index (χ0n) is 17.0. The number of rotatable bonds is 2. The van der Waals surface area contributed by atoms with Gasteiger partial charge >= 0.3 is 0 Å². The van der Waals surface area contributed by atoms with Crippen molar-refractivity contribution in [3.63, 3.8) is 0 Å². The summed E-state index contributed by atoms with van der Waals surface area (Å²) in [5.74, 6) is -0.851. The molecule has 1 fully saturated rings. The SMILES string of the molecule is CCN1c2cc(Cl)c(C=C3C(=O)N(C)C(=S)N(C)C3=O)cc2C(C)=CC1(C)C. The van der Waals surface area contributed by atoms with E-state index >= 15 is 0 Å². The summed E-state index contributed by atoms with van der Waals surface area (Å²) in [6.07, 6.45) is 3.78. The lowest BCUT2D eigenvalue weighted by atomic mass is 9.87. The van der Waals surface area contributed by atoms with E-state index in [4.69, 9.17) is 23.8 Å². The lowest BCUT2D eigenvalue weighted by Gasteiger charge is -2.43. The van der Waals surface area contributed by atoms with Gasteiger partial charge in [0.05, 0.1) is 5.54 Å². The van der Waals surface area contributed by atoms with Gasteiger partial charge in [-0.3, -0.25) is 19.4 Å². The number of fused-ring (bicyclic) bond motifs is 1. The molecule has 148 valence electrons. The van der Waals surface area contributed by atoms with Crippen LogP contribution < -0.4 is 4.90 Å². The number of benzene rings is 1. The molecule has 0 aromatic heterocycles. The highest BCUT2D eigenvalue weighted by Gasteiger charge is 2.36. The third kappa shape index (κ3) is 3.14. The van der Waals surface area contributed by atoms with Crippen LogP contribution in [-0.2, 0) is 9.59 Å². The van der Waals surface area contributed by atoms with E-state index in [9.17, 15) is 9.59 Å². The molecule has 0 unspecified atom stereocenters. The highest BCUT2D eigenvalue weighted by molar-refractivity contribution is 7.80. The quantitative estimate of drug-likeness (QED) is 0.415. The summed E-state index contributed by atoms with van der Waals surface area (Å²) >= 11 is 11.7. The summed E-state index contributed by atoms with van der Waals surface area (Å²) in [5, 5.41) is 0.678. The second-order valence-electron chi connectivity index (χ2n) is 7.69. The van der Waals surface area contributed by atoms with E-state index in [0.29, 0.717) is 10.6 Å². The van der Waals surface area contributed by atoms with E-state index in [0.717, 1.165) is 23.4 Å². The van der Waals surface area contributed by atoms with E-state index < -0.39 is 11.8 Å². The monoisotopic (exact) mass is 417 g/mol. The van der Waals surface area contributed by atoms with Crippen molar-refractivity contribution in [2.45, 2.75) is 33.2 Å². The average Bonchev–Trinajstić information content (AvgIpc) is 2.62. The van der Waals surface area contributed by atoms with Crippen LogP contribution in [0.1, 0.15) is 38.8 Å². The Balaban J connectivity index is 2.14. The standard InChI is InChI=1S/C21H24ClN3O2S/c1-7-25-17-10-16(22)13(8-14(17)12(2)11-21(25,3)4)9-15-18(26)23(5)20(28)24(6)19(15)27/h8-11H,7H2,1-6H3. The molecule has 3 rings (SSSR count). The molecule has 2 amide bonds. The van der Waals surface area contributed by atoms with Crippen LogP contribution in [0, 0.1) is 0 Å². The average molecular weight is 418 g/mol. The first-order valence-electron chi connectivity index (χ1n) is 9.12. The molecule has 1 aromatic rings. The number of carbonyl (C=O) groups is 2. The molecule has 5 nitrogen and oxygen atoms in total. The molecule has 28 heavy (non-hydrogen) atoms. The second-order valence-corrected chi connectivity index (χ2v) is 8.46. The van der Waals surface area contributed by atoms with Crippen LogP contribution in [0.25, 0.3) is 11.6 Å². The molecular weight excluding hydrogens is 394 g/mol. The summed E-state index contributed by atoms with van der Waals surface area (Å²) in [6, 6.07) is 3.86. The number of halogens is 1. The van der Waals surface area contributed by atoms with Crippen molar-refractivity contribution in [3.05, 3.63) is 39.9 Å². The molecule has 1 aromatic carbocycles. The van der Waals surface area contributed by atoms with Crippen molar-refractivity contribution in [2.24, 2.45) is 0 Å². The van der Waals surface area contributed by atoms with E-state index in [1.807, 2.05) is 12.1 Å². The maximum Gasteiger partial charge on any atom is 0.265 e. The number of likely N-dealkylation sites (N-methyl/N-ethyl adjacent to an activating group) is 3. The minimum Gasteiger partial charge on any atom is -0.363 e. The van der Waals surface area contributed by atoms with Gasteiger partial charge in [-0.25, -0.2) is 0 Å². The predicted molar refractivity (Wildman–Crippen MR) is 118 cm³/mol. The Hall–Kier alpha value is -2.18. The van der Waals surface area contributed by atoms with E-state index in [1.165, 1.54) is 9.80 Å². The minimum atomic E-state index is -0.425. The van der Waals surface area contributed by atoms with Crippen LogP contribution >= 0.6 is 23.8 Å². The van der Waals surface area contributed by atoms with E-state index in [-0.39, 0.29) is 16.2 Å². The summed E-state index contributed by atoms with van der Waals surface area (Å²) < 4.78 is 0. The molecule has 0 saturated carbocycles. The van der Waals surface area contributed by atoms with E-state index in [2.05, 4.69) is 38.7 Å². The van der Waals surface area contributed by atoms with Crippen LogP contribution in [0.3, 0.4) is 0 Å². The molecule has 7 heteroatoms. The number of anilines is 1. The smallest absolute Gasteiger partial charge is 0.265 e. The molecule has 0 bridgehead atoms. The van der Waals surface area contributed by atoms with Gasteiger partial charge in [0.25, 0.3) is 11.8 Å². The van der Waals surface area contributed by atoms with Crippen molar-refractivity contribution in [1.82, 2.24) is 9.80 Å². The number of hydrogen-bond acceptors (Lipinski definition) is 4. The van der Waals surface area contributed by atoms with E-state index in [1.54, 1.807) is 20.2 Å². The zero-order chi connectivity index (χ0) is 21.0. The first kappa shape index (κ1) is 20.6. The summed E-state index contributed by atoms with van der Waals surface area (Å²) in [5.41, 5.74) is 3.80. The summed E-state index contributed by atoms with van der Waals surface area (Å²) in [4.78, 5) is 30.1. The van der Waals surface area contributed by atoms with Gasteiger partial charge in [-0.1, -0.05) is 17.7 Å². The van der Waals surface area contributed by atoms with Gasteiger partial charge in [0.15, 0.2) is 5.11 Å². The van der Waals surface area contributed by atoms with Crippen LogP contribution in [0.2, 0.25) is 5.02 Å². The van der Waals surface area contributed by atoms with Crippen LogP contribution in [0.15, 0.2) is 23.8 Å². The van der Waals surface area contributed by atoms with Crippen molar-refractivity contribution in [3.8, 4) is 0 Å². The molecule has 1 saturated heterocycles. The second kappa shape index (κ2) is 7.01. The van der Waals surface area contributed by atoms with Gasteiger partial charge in [-0.2, -0.15) is 0 Å². The molecule has 2 aliphatic heterocycles. The van der Waals surface area contributed by atoms with Crippen molar-refractivity contribution in [2.75, 3.05) is 25.5 Å². The number of nitrogens with zero attached hydrogens (tertiary/aromatic N) is 3. The summed E-state index contributed by atoms with van der Waals surface area (Å²) in [6.45, 7) is 9.35. The topological polar surface area (TPSA) is 43.9 Å². The molecule has 0 N–H and O–H groups in total. The van der Waals surface area contributed by atoms with Crippen molar-refractivity contribution in [1.29, 1.82) is 0 Å². The third-order valence-electron chi connectivity index (χ3n) is 5.36. The Kier molecular flexibility index (Phi) is 5.15. The first-order valence-corrected chi connectivity index (χ1v) is 9.91. The maximum atomic E-state index is 12.6. The summed E-state index contributed by atoms with van der Waals surface area (Å²) in [7, 11) is 3.12. The van der Waals surface area contributed by atoms with Gasteiger partial charge in [0.1, 0.15) is 5.57 Å². The lowest BCUT2D eigenvalue weighted by Crippen LogP contribution is -2.52. The fraction of sp³-hybridized carbons (Fsp3) is 0.381. The number of hydrogen-bond donors (Lipinski definition) is 0. The largest absolute Gasteiger partial charge is 0.363 e. The minimum absolute atomic E-state index is 0.0468. The van der Waals surface area contributed by atoms with Gasteiger partial charge in [-0.05, 0) is 69.3 Å². The predicted octanol–water partition coefficient (Wildman–Crippen LogP) is 3.96. The normalized spacial score (nSPS) is 19.1. The molecule has 0 atom stereocenters. The lowest BCUT2D eigenvalue weighted by molar-refractivity contribution is -0.132. The molecule has 0 radical (unpaired) electrons. The number of amides is 2. The Morgan fingerprint density at radius 2 is 1.71 bits per heavy atom. The molecule has 2 heterocycles. The van der Waals surface area contributed by atoms with Gasteiger partial charge < -0.3 is 4.90 Å². The Morgan fingerprint density at radius 3 is 2.25 bits per heavy atom. The number of carbonyl (C=O) groups excluding carboxylic acids is 2. The van der Waals surface area contributed by atoms with Crippen molar-refractivity contribution < 1.29 is 9.59 Å². The van der Waals surface area contributed by atoms with Crippen LogP contribution in [-0.4, -0.2) is 52.9 Å². The fourth-order valence-electron chi connectivity index (χ4n) is 3.93. The highest BCUT2D eigenvalue weighted by atomic mass is 35.5. The number of thiocarbonyl (C=S) groups is 1. The van der Waals surface area contributed by atoms with Gasteiger partial charge in [0, 0.05) is 36.9 Å². The Morgan fingerprint density at radius 1 is 1.14 bits per heavy atom. The maximum absolute atomic E-state index is 12.6. The molecular formula is C21H24ClN3O2S. The molecule has 2 aliphatic rings. The van der Waals surface area contributed by atoms with Crippen LogP contribution in [0.5, 0.6) is 0 Å². The molecule has 0 aliphatic carbocycles. The van der Waals surface area contributed by atoms with Crippen molar-refractivity contribution >= 4 is 58.1 Å². The highest BCUT2D eigenvalue weighted by Crippen LogP contribution is 2.41. The number of allylic oxidation sites excluding steroid dienone is 1. The fourth-order valence-corrected chi connectivity index (χ4v) is 4.31.